The van der Waals surface area contributed by atoms with Gasteiger partial charge in [-0.2, -0.15) is 0 Å². The van der Waals surface area contributed by atoms with E-state index < -0.39 is 11.4 Å². The summed E-state index contributed by atoms with van der Waals surface area (Å²) < 4.78 is 20.3. The number of hydrogen-bond donors (Lipinski definition) is 0. The number of halogens is 1. The van der Waals surface area contributed by atoms with Crippen LogP contribution in [-0.2, 0) is 6.42 Å². The van der Waals surface area contributed by atoms with Crippen molar-refractivity contribution >= 4 is 21.7 Å². The molecule has 28 heavy (non-hydrogen) atoms. The molecule has 1 heterocycles. The molecular formula is C25H29FO2. The number of fused-ring (bicyclic) bond motifs is 3. The van der Waals surface area contributed by atoms with Crippen LogP contribution in [0.2, 0.25) is 0 Å². The van der Waals surface area contributed by atoms with E-state index in [2.05, 4.69) is 13.0 Å². The van der Waals surface area contributed by atoms with E-state index >= 15 is 0 Å². The molecular weight excluding hydrogens is 351 g/mol. The van der Waals surface area contributed by atoms with Gasteiger partial charge >= 0.3 is 5.63 Å². The van der Waals surface area contributed by atoms with Gasteiger partial charge in [-0.1, -0.05) is 57.4 Å². The second kappa shape index (κ2) is 8.06. The molecule has 1 aromatic heterocycles. The number of rotatable bonds is 5. The van der Waals surface area contributed by atoms with Gasteiger partial charge in [0, 0.05) is 10.8 Å². The molecule has 2 nitrogen and oxygen atoms in total. The van der Waals surface area contributed by atoms with Gasteiger partial charge in [0.2, 0.25) is 0 Å². The fraction of sp³-hybridized carbons (Fsp3) is 0.480. The fourth-order valence-corrected chi connectivity index (χ4v) is 4.93. The van der Waals surface area contributed by atoms with Gasteiger partial charge in [-0.05, 0) is 61.1 Å². The van der Waals surface area contributed by atoms with Crippen molar-refractivity contribution in [2.24, 2.45) is 5.92 Å². The number of benzene rings is 2. The molecule has 0 amide bonds. The second-order valence-electron chi connectivity index (χ2n) is 8.37. The lowest BCUT2D eigenvalue weighted by atomic mass is 9.77. The van der Waals surface area contributed by atoms with Crippen molar-refractivity contribution < 1.29 is 8.81 Å². The zero-order valence-corrected chi connectivity index (χ0v) is 16.9. The molecule has 0 unspecified atom stereocenters. The molecule has 0 aliphatic heterocycles. The lowest BCUT2D eigenvalue weighted by molar-refractivity contribution is 0.308. The third-order valence-corrected chi connectivity index (χ3v) is 6.46. The van der Waals surface area contributed by atoms with Gasteiger partial charge in [0.05, 0.1) is 5.39 Å². The quantitative estimate of drug-likeness (QED) is 0.349. The molecule has 4 rings (SSSR count). The molecule has 1 aliphatic carbocycles. The smallest absolute Gasteiger partial charge is 0.344 e. The molecule has 0 bridgehead atoms. The number of hydrogen-bond acceptors (Lipinski definition) is 2. The largest absolute Gasteiger partial charge is 0.419 e. The van der Waals surface area contributed by atoms with Gasteiger partial charge in [0.1, 0.15) is 0 Å². The Hall–Kier alpha value is -2.16. The Balaban J connectivity index is 1.73. The first-order chi connectivity index (χ1) is 13.6. The standard InChI is InChI=1S/C25H29FO2/c1-3-5-16-7-9-17(10-8-16)19-12-13-20-21-14-11-18(6-4-2)23(26)24(21)28-25(27)22(20)15-19/h11-17H,3-10H2,1-2H3. The molecule has 0 saturated heterocycles. The third kappa shape index (κ3) is 3.47. The van der Waals surface area contributed by atoms with Crippen molar-refractivity contribution in [3.8, 4) is 0 Å². The van der Waals surface area contributed by atoms with E-state index in [1.807, 2.05) is 31.2 Å². The molecule has 0 spiro atoms. The monoisotopic (exact) mass is 380 g/mol. The van der Waals surface area contributed by atoms with Crippen LogP contribution < -0.4 is 5.63 Å². The predicted molar refractivity (Wildman–Crippen MR) is 114 cm³/mol. The second-order valence-corrected chi connectivity index (χ2v) is 8.37. The first-order valence-electron chi connectivity index (χ1n) is 10.8. The summed E-state index contributed by atoms with van der Waals surface area (Å²) in [6.45, 7) is 4.27. The zero-order chi connectivity index (χ0) is 19.7. The Morgan fingerprint density at radius 3 is 2.43 bits per heavy atom. The maximum Gasteiger partial charge on any atom is 0.344 e. The Bertz CT molecular complexity index is 1040. The van der Waals surface area contributed by atoms with Crippen LogP contribution in [0.3, 0.4) is 0 Å². The maximum atomic E-state index is 14.8. The summed E-state index contributed by atoms with van der Waals surface area (Å²) in [5.74, 6) is 0.976. The molecule has 0 N–H and O–H groups in total. The SMILES string of the molecule is CCCc1ccc2c(oc(=O)c3cc(C4CCC(CCC)CC4)ccc32)c1F. The van der Waals surface area contributed by atoms with E-state index in [9.17, 15) is 9.18 Å². The van der Waals surface area contributed by atoms with E-state index in [0.717, 1.165) is 17.7 Å². The molecule has 1 saturated carbocycles. The number of aryl methyl sites for hydroxylation is 1. The van der Waals surface area contributed by atoms with Crippen LogP contribution in [0.15, 0.2) is 39.5 Å². The van der Waals surface area contributed by atoms with E-state index in [1.54, 1.807) is 0 Å². The highest BCUT2D eigenvalue weighted by Gasteiger charge is 2.23. The van der Waals surface area contributed by atoms with E-state index in [1.165, 1.54) is 44.1 Å². The van der Waals surface area contributed by atoms with Crippen LogP contribution in [0.4, 0.5) is 4.39 Å². The van der Waals surface area contributed by atoms with Crippen LogP contribution in [0.1, 0.15) is 75.8 Å². The summed E-state index contributed by atoms with van der Waals surface area (Å²) >= 11 is 0. The molecule has 0 atom stereocenters. The normalized spacial score (nSPS) is 20.1. The summed E-state index contributed by atoms with van der Waals surface area (Å²) in [4.78, 5) is 12.7. The average Bonchev–Trinajstić information content (AvgIpc) is 2.71. The molecule has 3 aromatic rings. The minimum absolute atomic E-state index is 0.0938. The summed E-state index contributed by atoms with van der Waals surface area (Å²) in [6.07, 6.45) is 8.99. The summed E-state index contributed by atoms with van der Waals surface area (Å²) in [5.41, 5.74) is 1.49. The van der Waals surface area contributed by atoms with Crippen LogP contribution >= 0.6 is 0 Å². The Labute approximate surface area is 165 Å². The third-order valence-electron chi connectivity index (χ3n) is 6.46. The Morgan fingerprint density at radius 1 is 0.964 bits per heavy atom. The van der Waals surface area contributed by atoms with E-state index in [-0.39, 0.29) is 5.58 Å². The van der Waals surface area contributed by atoms with Crippen LogP contribution in [0, 0.1) is 11.7 Å². The molecule has 0 radical (unpaired) electrons. The van der Waals surface area contributed by atoms with E-state index in [4.69, 9.17) is 4.42 Å². The highest BCUT2D eigenvalue weighted by molar-refractivity contribution is 6.04. The molecule has 1 fully saturated rings. The lowest BCUT2D eigenvalue weighted by Gasteiger charge is -2.28. The molecule has 1 aliphatic rings. The predicted octanol–water partition coefficient (Wildman–Crippen LogP) is 7.11. The van der Waals surface area contributed by atoms with Gasteiger partial charge < -0.3 is 4.42 Å². The van der Waals surface area contributed by atoms with Crippen molar-refractivity contribution in [2.75, 3.05) is 0 Å². The van der Waals surface area contributed by atoms with E-state index in [0.29, 0.717) is 28.7 Å². The minimum Gasteiger partial charge on any atom is -0.419 e. The van der Waals surface area contributed by atoms with Gasteiger partial charge in [-0.3, -0.25) is 0 Å². The van der Waals surface area contributed by atoms with Crippen molar-refractivity contribution in [3.05, 3.63) is 57.7 Å². The highest BCUT2D eigenvalue weighted by Crippen LogP contribution is 2.38. The topological polar surface area (TPSA) is 30.2 Å². The van der Waals surface area contributed by atoms with Gasteiger partial charge in [-0.25, -0.2) is 9.18 Å². The molecule has 3 heteroatoms. The summed E-state index contributed by atoms with van der Waals surface area (Å²) in [7, 11) is 0. The van der Waals surface area contributed by atoms with Crippen molar-refractivity contribution in [1.29, 1.82) is 0 Å². The Morgan fingerprint density at radius 2 is 1.71 bits per heavy atom. The average molecular weight is 381 g/mol. The van der Waals surface area contributed by atoms with Crippen molar-refractivity contribution in [2.45, 2.75) is 71.1 Å². The maximum absolute atomic E-state index is 14.8. The van der Waals surface area contributed by atoms with Crippen molar-refractivity contribution in [1.82, 2.24) is 0 Å². The van der Waals surface area contributed by atoms with Crippen LogP contribution in [-0.4, -0.2) is 0 Å². The minimum atomic E-state index is -0.434. The lowest BCUT2D eigenvalue weighted by Crippen LogP contribution is -2.13. The Kier molecular flexibility index (Phi) is 5.52. The first-order valence-corrected chi connectivity index (χ1v) is 10.8. The highest BCUT2D eigenvalue weighted by atomic mass is 19.1. The van der Waals surface area contributed by atoms with Gasteiger partial charge in [-0.15, -0.1) is 0 Å². The van der Waals surface area contributed by atoms with Gasteiger partial charge in [0.25, 0.3) is 0 Å². The van der Waals surface area contributed by atoms with Crippen LogP contribution in [0.5, 0.6) is 0 Å². The zero-order valence-electron chi connectivity index (χ0n) is 16.9. The fourth-order valence-electron chi connectivity index (χ4n) is 4.93. The molecule has 148 valence electrons. The summed E-state index contributed by atoms with van der Waals surface area (Å²) in [6, 6.07) is 9.82. The van der Waals surface area contributed by atoms with Gasteiger partial charge in [0.15, 0.2) is 11.4 Å². The van der Waals surface area contributed by atoms with Crippen molar-refractivity contribution in [3.63, 3.8) is 0 Å². The first kappa shape index (κ1) is 19.2. The molecule has 2 aromatic carbocycles. The summed E-state index contributed by atoms with van der Waals surface area (Å²) in [5, 5.41) is 2.05. The van der Waals surface area contributed by atoms with Crippen LogP contribution in [0.25, 0.3) is 21.7 Å².